The van der Waals surface area contributed by atoms with Crippen LogP contribution in [0.15, 0.2) is 23.9 Å². The molecule has 0 saturated carbocycles. The fourth-order valence-corrected chi connectivity index (χ4v) is 1.42. The second-order valence-corrected chi connectivity index (χ2v) is 3.94. The van der Waals surface area contributed by atoms with Crippen LogP contribution in [0.25, 0.3) is 0 Å². The van der Waals surface area contributed by atoms with Crippen LogP contribution < -0.4 is 5.73 Å². The lowest BCUT2D eigenvalue weighted by atomic mass is 9.98. The molecule has 0 aromatic carbocycles. The van der Waals surface area contributed by atoms with Crippen LogP contribution in [-0.4, -0.2) is 32.4 Å². The normalized spacial score (nSPS) is 13.7. The standard InChI is InChI=1S/C12H23BN2/c1-5-10(2)11(3)9-15(7-6-14)12(4)8-13/h5,11H,4,6-9,14H2,1-3H3. The number of rotatable bonds is 7. The maximum atomic E-state index is 5.59. The molecule has 0 aliphatic rings. The van der Waals surface area contributed by atoms with Gasteiger partial charge >= 0.3 is 0 Å². The van der Waals surface area contributed by atoms with Gasteiger partial charge in [-0.05, 0) is 25.5 Å². The van der Waals surface area contributed by atoms with E-state index in [1.54, 1.807) is 0 Å². The van der Waals surface area contributed by atoms with E-state index in [1.807, 2.05) is 0 Å². The molecule has 15 heavy (non-hydrogen) atoms. The molecule has 0 spiro atoms. The van der Waals surface area contributed by atoms with Gasteiger partial charge in [-0.25, -0.2) is 0 Å². The van der Waals surface area contributed by atoms with Crippen molar-refractivity contribution in [2.24, 2.45) is 11.7 Å². The first-order valence-corrected chi connectivity index (χ1v) is 5.52. The first kappa shape index (κ1) is 14.3. The van der Waals surface area contributed by atoms with Crippen LogP contribution in [0.5, 0.6) is 0 Å². The van der Waals surface area contributed by atoms with Gasteiger partial charge in [0.1, 0.15) is 0 Å². The summed E-state index contributed by atoms with van der Waals surface area (Å²) in [4.78, 5) is 2.18. The highest BCUT2D eigenvalue weighted by Crippen LogP contribution is 2.14. The SMILES string of the molecule is [B]CC(=C)N(CCN)CC(C)C(C)=CC. The number of nitrogens with zero attached hydrogens (tertiary/aromatic N) is 1. The minimum Gasteiger partial charge on any atom is -0.374 e. The Bertz CT molecular complexity index is 224. The highest BCUT2D eigenvalue weighted by Gasteiger charge is 2.11. The summed E-state index contributed by atoms with van der Waals surface area (Å²) in [6.07, 6.45) is 2.65. The van der Waals surface area contributed by atoms with E-state index in [0.717, 1.165) is 18.8 Å². The summed E-state index contributed by atoms with van der Waals surface area (Å²) in [6.45, 7) is 12.8. The van der Waals surface area contributed by atoms with Crippen molar-refractivity contribution in [1.82, 2.24) is 4.90 Å². The Hall–Kier alpha value is -0.695. The van der Waals surface area contributed by atoms with Crippen LogP contribution in [-0.2, 0) is 0 Å². The van der Waals surface area contributed by atoms with Gasteiger partial charge in [-0.15, -0.1) is 0 Å². The zero-order valence-electron chi connectivity index (χ0n) is 10.3. The lowest BCUT2D eigenvalue weighted by Gasteiger charge is -2.29. The lowest BCUT2D eigenvalue weighted by molar-refractivity contribution is 0.321. The second-order valence-electron chi connectivity index (χ2n) is 3.94. The molecule has 0 aliphatic carbocycles. The zero-order chi connectivity index (χ0) is 11.8. The highest BCUT2D eigenvalue weighted by atomic mass is 15.1. The first-order chi connectivity index (χ1) is 7.06. The van der Waals surface area contributed by atoms with E-state index in [1.165, 1.54) is 5.57 Å². The Morgan fingerprint density at radius 1 is 1.60 bits per heavy atom. The number of hydrogen-bond donors (Lipinski definition) is 1. The predicted octanol–water partition coefficient (Wildman–Crippen LogP) is 1.95. The summed E-state index contributed by atoms with van der Waals surface area (Å²) in [6, 6.07) is 0. The third-order valence-corrected chi connectivity index (χ3v) is 2.81. The Morgan fingerprint density at radius 2 is 2.20 bits per heavy atom. The molecular weight excluding hydrogens is 183 g/mol. The molecule has 0 aliphatic heterocycles. The third-order valence-electron chi connectivity index (χ3n) is 2.81. The first-order valence-electron chi connectivity index (χ1n) is 5.52. The Morgan fingerprint density at radius 3 is 2.60 bits per heavy atom. The smallest absolute Gasteiger partial charge is 0.0736 e. The zero-order valence-corrected chi connectivity index (χ0v) is 10.3. The van der Waals surface area contributed by atoms with Gasteiger partial charge in [0.25, 0.3) is 0 Å². The molecular formula is C12H23BN2. The predicted molar refractivity (Wildman–Crippen MR) is 68.9 cm³/mol. The minimum absolute atomic E-state index is 0.502. The van der Waals surface area contributed by atoms with E-state index in [-0.39, 0.29) is 0 Å². The van der Waals surface area contributed by atoms with E-state index in [4.69, 9.17) is 13.6 Å². The maximum Gasteiger partial charge on any atom is 0.0736 e. The Kier molecular flexibility index (Phi) is 7.23. The van der Waals surface area contributed by atoms with Crippen molar-refractivity contribution in [1.29, 1.82) is 0 Å². The van der Waals surface area contributed by atoms with E-state index in [2.05, 4.69) is 38.3 Å². The van der Waals surface area contributed by atoms with Crippen molar-refractivity contribution >= 4 is 7.85 Å². The van der Waals surface area contributed by atoms with E-state index in [9.17, 15) is 0 Å². The summed E-state index contributed by atoms with van der Waals surface area (Å²) in [5.41, 5.74) is 7.93. The molecule has 0 rings (SSSR count). The summed E-state index contributed by atoms with van der Waals surface area (Å²) in [5.74, 6) is 0.518. The van der Waals surface area contributed by atoms with Crippen molar-refractivity contribution in [2.45, 2.75) is 27.1 Å². The van der Waals surface area contributed by atoms with Crippen LogP contribution in [0.2, 0.25) is 6.32 Å². The molecule has 2 nitrogen and oxygen atoms in total. The van der Waals surface area contributed by atoms with Gasteiger partial charge in [-0.1, -0.05) is 31.5 Å². The van der Waals surface area contributed by atoms with Crippen molar-refractivity contribution in [3.63, 3.8) is 0 Å². The number of nitrogens with two attached hydrogens (primary N) is 1. The van der Waals surface area contributed by atoms with Crippen LogP contribution in [0, 0.1) is 5.92 Å². The summed E-state index contributed by atoms with van der Waals surface area (Å²) in [7, 11) is 5.59. The fourth-order valence-electron chi connectivity index (χ4n) is 1.42. The van der Waals surface area contributed by atoms with Gasteiger partial charge in [0.05, 0.1) is 7.85 Å². The highest BCUT2D eigenvalue weighted by molar-refractivity contribution is 6.10. The molecule has 84 valence electrons. The molecule has 0 aromatic heterocycles. The molecule has 3 heteroatoms. The summed E-state index contributed by atoms with van der Waals surface area (Å²) < 4.78 is 0. The molecule has 0 bridgehead atoms. The average molecular weight is 206 g/mol. The fraction of sp³-hybridized carbons (Fsp3) is 0.667. The molecule has 1 atom stereocenters. The lowest BCUT2D eigenvalue weighted by Crippen LogP contribution is -2.32. The molecule has 0 fully saturated rings. The van der Waals surface area contributed by atoms with Crippen LogP contribution in [0.4, 0.5) is 0 Å². The van der Waals surface area contributed by atoms with Crippen molar-refractivity contribution in [2.75, 3.05) is 19.6 Å². The summed E-state index contributed by atoms with van der Waals surface area (Å²) in [5, 5.41) is 0. The Balaban J connectivity index is 4.34. The molecule has 1 unspecified atom stereocenters. The molecule has 0 aromatic rings. The van der Waals surface area contributed by atoms with Crippen LogP contribution in [0.1, 0.15) is 20.8 Å². The van der Waals surface area contributed by atoms with Gasteiger partial charge in [-0.3, -0.25) is 0 Å². The second kappa shape index (κ2) is 7.58. The number of allylic oxidation sites excluding steroid dienone is 2. The van der Waals surface area contributed by atoms with Crippen molar-refractivity contribution < 1.29 is 0 Å². The monoisotopic (exact) mass is 206 g/mol. The van der Waals surface area contributed by atoms with Crippen molar-refractivity contribution in [3.8, 4) is 0 Å². The van der Waals surface area contributed by atoms with Crippen LogP contribution in [0.3, 0.4) is 0 Å². The molecule has 0 amide bonds. The summed E-state index contributed by atoms with van der Waals surface area (Å²) >= 11 is 0. The minimum atomic E-state index is 0.502. The van der Waals surface area contributed by atoms with Gasteiger partial charge in [0, 0.05) is 19.6 Å². The topological polar surface area (TPSA) is 29.3 Å². The average Bonchev–Trinajstić information content (AvgIpc) is 2.26. The molecule has 0 heterocycles. The van der Waals surface area contributed by atoms with Gasteiger partial charge < -0.3 is 10.6 Å². The number of hydrogen-bond acceptors (Lipinski definition) is 2. The molecule has 2 N–H and O–H groups in total. The van der Waals surface area contributed by atoms with Gasteiger partial charge in [0.2, 0.25) is 0 Å². The maximum absolute atomic E-state index is 5.59. The third kappa shape index (κ3) is 5.07. The van der Waals surface area contributed by atoms with Crippen LogP contribution >= 0.6 is 0 Å². The van der Waals surface area contributed by atoms with E-state index < -0.39 is 0 Å². The van der Waals surface area contributed by atoms with Gasteiger partial charge in [0.15, 0.2) is 0 Å². The van der Waals surface area contributed by atoms with Crippen molar-refractivity contribution in [3.05, 3.63) is 23.9 Å². The quantitative estimate of drug-likeness (QED) is 0.509. The van der Waals surface area contributed by atoms with E-state index in [0.29, 0.717) is 18.8 Å². The largest absolute Gasteiger partial charge is 0.374 e. The van der Waals surface area contributed by atoms with E-state index >= 15 is 0 Å². The molecule has 0 saturated heterocycles. The Labute approximate surface area is 95.6 Å². The molecule has 2 radical (unpaired) electrons. The van der Waals surface area contributed by atoms with Gasteiger partial charge in [-0.2, -0.15) is 0 Å².